The number of carboxylic acids is 1. The van der Waals surface area contributed by atoms with Gasteiger partial charge in [0, 0.05) is 10.9 Å². The first-order valence-electron chi connectivity index (χ1n) is 5.87. The van der Waals surface area contributed by atoms with Crippen molar-refractivity contribution in [3.8, 4) is 0 Å². The fourth-order valence-corrected chi connectivity index (χ4v) is 3.06. The predicted octanol–water partition coefficient (Wildman–Crippen LogP) is 0.822. The minimum atomic E-state index is -3.70. The molecule has 0 spiro atoms. The largest absolute Gasteiger partial charge is 0.543 e. The van der Waals surface area contributed by atoms with Crippen molar-refractivity contribution in [2.75, 3.05) is 10.5 Å². The van der Waals surface area contributed by atoms with Crippen LogP contribution in [-0.2, 0) is 10.0 Å². The molecule has 0 aliphatic rings. The van der Waals surface area contributed by atoms with Crippen molar-refractivity contribution in [2.45, 2.75) is 13.3 Å². The number of carbonyl (C=O) groups is 1. The second-order valence-corrected chi connectivity index (χ2v) is 6.12. The van der Waals surface area contributed by atoms with E-state index >= 15 is 0 Å². The van der Waals surface area contributed by atoms with E-state index in [9.17, 15) is 22.7 Å². The third kappa shape index (κ3) is 2.74. The van der Waals surface area contributed by atoms with Gasteiger partial charge in [0.25, 0.3) is 0 Å². The average Bonchev–Trinajstić information content (AvgIpc) is 2.67. The maximum absolute atomic E-state index is 13.3. The summed E-state index contributed by atoms with van der Waals surface area (Å²) in [7, 11) is -3.70. The van der Waals surface area contributed by atoms with Crippen LogP contribution < -0.4 is 9.83 Å². The summed E-state index contributed by atoms with van der Waals surface area (Å²) in [5.74, 6) is -2.34. The van der Waals surface area contributed by atoms with E-state index in [0.717, 1.165) is 12.1 Å². The topological polar surface area (TPSA) is 102 Å². The Hall–Kier alpha value is -2.09. The van der Waals surface area contributed by atoms with Crippen LogP contribution in [0.1, 0.15) is 23.8 Å². The number of halogens is 1. The van der Waals surface area contributed by atoms with E-state index in [-0.39, 0.29) is 16.8 Å². The van der Waals surface area contributed by atoms with Gasteiger partial charge in [-0.25, -0.2) is 12.8 Å². The number of benzene rings is 1. The molecule has 0 unspecified atom stereocenters. The average molecular weight is 299 g/mol. The van der Waals surface area contributed by atoms with Crippen LogP contribution in [0.15, 0.2) is 18.2 Å². The van der Waals surface area contributed by atoms with E-state index in [1.54, 1.807) is 6.92 Å². The van der Waals surface area contributed by atoms with Crippen molar-refractivity contribution in [2.24, 2.45) is 0 Å². The number of anilines is 1. The highest BCUT2D eigenvalue weighted by atomic mass is 32.2. The van der Waals surface area contributed by atoms with Gasteiger partial charge in [0.1, 0.15) is 5.82 Å². The Labute approximate surface area is 114 Å². The predicted molar refractivity (Wildman–Crippen MR) is 70.3 cm³/mol. The molecule has 6 nitrogen and oxygen atoms in total. The summed E-state index contributed by atoms with van der Waals surface area (Å²) in [6, 6.07) is 3.53. The fraction of sp³-hybridized carbons (Fsp3) is 0.250. The molecule has 2 N–H and O–H groups in total. The number of aromatic carboxylic acids is 1. The van der Waals surface area contributed by atoms with Crippen LogP contribution in [-0.4, -0.2) is 25.1 Å². The molecule has 0 aliphatic carbocycles. The molecule has 1 heterocycles. The number of H-pyrrole nitrogens is 1. The molecule has 0 fully saturated rings. The van der Waals surface area contributed by atoms with Gasteiger partial charge in [-0.15, -0.1) is 0 Å². The smallest absolute Gasteiger partial charge is 0.232 e. The summed E-state index contributed by atoms with van der Waals surface area (Å²) in [5.41, 5.74) is -0.321. The highest BCUT2D eigenvalue weighted by molar-refractivity contribution is 7.92. The number of rotatable bonds is 5. The summed E-state index contributed by atoms with van der Waals surface area (Å²) in [6.45, 7) is 1.67. The third-order valence-electron chi connectivity index (χ3n) is 2.70. The number of fused-ring (bicyclic) bond motifs is 1. The molecule has 0 radical (unpaired) electrons. The molecular formula is C12H12FN2O4S-. The number of carboxylic acid groups (broad SMARTS) is 1. The standard InChI is InChI=1S/C12H13FN2O4S/c1-2-5-20(18,19)15-10-8-6-7(13)3-4-9(8)14-11(10)12(16)17/h3-4,6,14-15H,2,5H2,1H3,(H,16,17)/p-1. The quantitative estimate of drug-likeness (QED) is 0.853. The molecule has 8 heteroatoms. The molecule has 0 bridgehead atoms. The molecule has 0 saturated heterocycles. The molecule has 0 saturated carbocycles. The Morgan fingerprint density at radius 1 is 1.45 bits per heavy atom. The van der Waals surface area contributed by atoms with Gasteiger partial charge in [0.05, 0.1) is 23.1 Å². The second kappa shape index (κ2) is 5.12. The van der Waals surface area contributed by atoms with Crippen molar-refractivity contribution < 1.29 is 22.7 Å². The molecule has 2 rings (SSSR count). The van der Waals surface area contributed by atoms with E-state index in [1.165, 1.54) is 6.07 Å². The molecule has 1 aromatic heterocycles. The Balaban J connectivity index is 2.62. The monoisotopic (exact) mass is 299 g/mol. The molecule has 2 aromatic rings. The summed E-state index contributed by atoms with van der Waals surface area (Å²) >= 11 is 0. The van der Waals surface area contributed by atoms with E-state index in [4.69, 9.17) is 0 Å². The molecule has 1 aromatic carbocycles. The number of hydrogen-bond donors (Lipinski definition) is 2. The molecular weight excluding hydrogens is 287 g/mol. The third-order valence-corrected chi connectivity index (χ3v) is 4.16. The SMILES string of the molecule is CCCS(=O)(=O)Nc1c(C(=O)[O-])[nH]c2ccc(F)cc12. The van der Waals surface area contributed by atoms with Crippen LogP contribution in [0.25, 0.3) is 10.9 Å². The summed E-state index contributed by atoms with van der Waals surface area (Å²) in [6.07, 6.45) is 0.368. The zero-order valence-corrected chi connectivity index (χ0v) is 11.4. The number of sulfonamides is 1. The van der Waals surface area contributed by atoms with Crippen molar-refractivity contribution in [3.05, 3.63) is 29.7 Å². The van der Waals surface area contributed by atoms with Gasteiger partial charge < -0.3 is 14.9 Å². The normalized spacial score (nSPS) is 11.7. The number of nitrogens with one attached hydrogen (secondary N) is 2. The van der Waals surface area contributed by atoms with Crippen molar-refractivity contribution in [3.63, 3.8) is 0 Å². The van der Waals surface area contributed by atoms with Crippen LogP contribution in [0, 0.1) is 5.82 Å². The van der Waals surface area contributed by atoms with Gasteiger partial charge in [-0.3, -0.25) is 4.72 Å². The van der Waals surface area contributed by atoms with E-state index < -0.39 is 27.5 Å². The lowest BCUT2D eigenvalue weighted by molar-refractivity contribution is -0.255. The van der Waals surface area contributed by atoms with Crippen molar-refractivity contribution in [1.82, 2.24) is 4.98 Å². The Bertz CT molecular complexity index is 767. The van der Waals surface area contributed by atoms with Crippen LogP contribution in [0.5, 0.6) is 0 Å². The zero-order chi connectivity index (χ0) is 14.9. The van der Waals surface area contributed by atoms with Gasteiger partial charge in [0.15, 0.2) is 0 Å². The zero-order valence-electron chi connectivity index (χ0n) is 10.6. The lowest BCUT2D eigenvalue weighted by Crippen LogP contribution is -2.25. The maximum atomic E-state index is 13.3. The molecule has 0 amide bonds. The number of aromatic amines is 1. The maximum Gasteiger partial charge on any atom is 0.232 e. The van der Waals surface area contributed by atoms with E-state index in [0.29, 0.717) is 11.9 Å². The van der Waals surface area contributed by atoms with Crippen LogP contribution in [0.2, 0.25) is 0 Å². The first kappa shape index (κ1) is 14.3. The summed E-state index contributed by atoms with van der Waals surface area (Å²) < 4.78 is 39.0. The van der Waals surface area contributed by atoms with Gasteiger partial charge in [-0.05, 0) is 24.6 Å². The first-order valence-corrected chi connectivity index (χ1v) is 7.52. The number of hydrogen-bond acceptors (Lipinski definition) is 4. The highest BCUT2D eigenvalue weighted by Gasteiger charge is 2.18. The summed E-state index contributed by atoms with van der Waals surface area (Å²) in [5, 5.41) is 11.2. The van der Waals surface area contributed by atoms with Gasteiger partial charge in [-0.2, -0.15) is 0 Å². The van der Waals surface area contributed by atoms with E-state index in [2.05, 4.69) is 9.71 Å². The summed E-state index contributed by atoms with van der Waals surface area (Å²) in [4.78, 5) is 13.5. The van der Waals surface area contributed by atoms with Crippen LogP contribution in [0.3, 0.4) is 0 Å². The Kier molecular flexibility index (Phi) is 3.67. The number of carbonyl (C=O) groups excluding carboxylic acids is 1. The second-order valence-electron chi connectivity index (χ2n) is 4.27. The number of aromatic nitrogens is 1. The molecule has 0 aliphatic heterocycles. The highest BCUT2D eigenvalue weighted by Crippen LogP contribution is 2.29. The minimum absolute atomic E-state index is 0.142. The van der Waals surface area contributed by atoms with Gasteiger partial charge in [-0.1, -0.05) is 6.92 Å². The molecule has 20 heavy (non-hydrogen) atoms. The molecule has 0 atom stereocenters. The lowest BCUT2D eigenvalue weighted by Gasteiger charge is -2.09. The van der Waals surface area contributed by atoms with Crippen molar-refractivity contribution >= 4 is 32.6 Å². The van der Waals surface area contributed by atoms with E-state index in [1.807, 2.05) is 0 Å². The minimum Gasteiger partial charge on any atom is -0.543 e. The Morgan fingerprint density at radius 2 is 2.15 bits per heavy atom. The Morgan fingerprint density at radius 3 is 2.75 bits per heavy atom. The molecule has 108 valence electrons. The van der Waals surface area contributed by atoms with Gasteiger partial charge in [0.2, 0.25) is 10.0 Å². The van der Waals surface area contributed by atoms with Gasteiger partial charge >= 0.3 is 0 Å². The fourth-order valence-electron chi connectivity index (χ4n) is 1.90. The first-order chi connectivity index (χ1) is 9.34. The van der Waals surface area contributed by atoms with Crippen molar-refractivity contribution in [1.29, 1.82) is 0 Å². The van der Waals surface area contributed by atoms with Crippen LogP contribution in [0.4, 0.5) is 10.1 Å². The van der Waals surface area contributed by atoms with Crippen LogP contribution >= 0.6 is 0 Å². The lowest BCUT2D eigenvalue weighted by atomic mass is 10.2.